The van der Waals surface area contributed by atoms with Gasteiger partial charge in [0.05, 0.1) is 24.0 Å². The quantitative estimate of drug-likeness (QED) is 0.914. The lowest BCUT2D eigenvalue weighted by molar-refractivity contribution is 0.357. The number of fused-ring (bicyclic) bond motifs is 1. The predicted molar refractivity (Wildman–Crippen MR) is 84.9 cm³/mol. The van der Waals surface area contributed by atoms with E-state index in [2.05, 4.69) is 48.7 Å². The Kier molecular flexibility index (Phi) is 3.86. The van der Waals surface area contributed by atoms with E-state index >= 15 is 0 Å². The number of anilines is 1. The Morgan fingerprint density at radius 3 is 3.00 bits per heavy atom. The molecule has 112 valence electrons. The van der Waals surface area contributed by atoms with Crippen molar-refractivity contribution < 1.29 is 4.74 Å². The number of aromatic nitrogens is 2. The molecule has 0 saturated heterocycles. The summed E-state index contributed by atoms with van der Waals surface area (Å²) in [5.41, 5.74) is 4.92. The van der Waals surface area contributed by atoms with E-state index in [0.717, 1.165) is 43.0 Å². The van der Waals surface area contributed by atoms with Gasteiger partial charge in [0, 0.05) is 19.7 Å². The zero-order chi connectivity index (χ0) is 14.8. The number of hydrogen-bond donors (Lipinski definition) is 1. The minimum Gasteiger partial charge on any atom is -0.493 e. The van der Waals surface area contributed by atoms with Crippen LogP contribution < -0.4 is 10.1 Å². The van der Waals surface area contributed by atoms with Crippen molar-refractivity contribution in [2.24, 2.45) is 7.05 Å². The van der Waals surface area contributed by atoms with Gasteiger partial charge in [-0.3, -0.25) is 4.68 Å². The number of nitrogens with zero attached hydrogens (tertiary/aromatic N) is 2. The van der Waals surface area contributed by atoms with E-state index in [-0.39, 0.29) is 0 Å². The Labute approximate surface area is 126 Å². The van der Waals surface area contributed by atoms with Gasteiger partial charge in [0.15, 0.2) is 0 Å². The van der Waals surface area contributed by atoms with Crippen molar-refractivity contribution in [3.05, 3.63) is 41.2 Å². The molecule has 0 saturated carbocycles. The van der Waals surface area contributed by atoms with Crippen molar-refractivity contribution >= 4 is 5.69 Å². The van der Waals surface area contributed by atoms with Gasteiger partial charge >= 0.3 is 0 Å². The topological polar surface area (TPSA) is 39.1 Å². The fourth-order valence-electron chi connectivity index (χ4n) is 2.95. The van der Waals surface area contributed by atoms with Crippen LogP contribution in [0.25, 0.3) is 0 Å². The number of ether oxygens (including phenoxy) is 1. The van der Waals surface area contributed by atoms with Crippen molar-refractivity contribution in [1.29, 1.82) is 0 Å². The van der Waals surface area contributed by atoms with E-state index in [4.69, 9.17) is 4.74 Å². The smallest absolute Gasteiger partial charge is 0.122 e. The van der Waals surface area contributed by atoms with Crippen LogP contribution in [0.3, 0.4) is 0 Å². The standard InChI is InChI=1S/C17H23N3O/c1-4-14(18-16-11-20(3)19-15(16)5-2)12-6-7-17-13(10-12)8-9-21-17/h6-7,10-11,14,18H,4-5,8-9H2,1-3H3. The van der Waals surface area contributed by atoms with E-state index in [0.29, 0.717) is 6.04 Å². The van der Waals surface area contributed by atoms with Crippen LogP contribution in [0.2, 0.25) is 0 Å². The molecule has 1 unspecified atom stereocenters. The molecule has 0 fully saturated rings. The maximum atomic E-state index is 5.59. The molecule has 2 heterocycles. The molecule has 0 amide bonds. The van der Waals surface area contributed by atoms with Gasteiger partial charge in [0.1, 0.15) is 5.75 Å². The molecule has 0 radical (unpaired) electrons. The first-order valence-electron chi connectivity index (χ1n) is 7.76. The predicted octanol–water partition coefficient (Wildman–Crippen LogP) is 3.48. The van der Waals surface area contributed by atoms with E-state index in [9.17, 15) is 0 Å². The van der Waals surface area contributed by atoms with Gasteiger partial charge in [-0.25, -0.2) is 0 Å². The highest BCUT2D eigenvalue weighted by molar-refractivity contribution is 5.50. The number of benzene rings is 1. The summed E-state index contributed by atoms with van der Waals surface area (Å²) >= 11 is 0. The molecule has 4 heteroatoms. The number of rotatable bonds is 5. The van der Waals surface area contributed by atoms with Crippen molar-refractivity contribution in [3.8, 4) is 5.75 Å². The normalized spacial score (nSPS) is 14.6. The highest BCUT2D eigenvalue weighted by Crippen LogP contribution is 2.31. The second-order valence-electron chi connectivity index (χ2n) is 5.59. The van der Waals surface area contributed by atoms with Crippen LogP contribution in [0.4, 0.5) is 5.69 Å². The Hall–Kier alpha value is -1.97. The summed E-state index contributed by atoms with van der Waals surface area (Å²) in [6.07, 6.45) is 5.07. The number of aryl methyl sites for hydroxylation is 2. The number of hydrogen-bond acceptors (Lipinski definition) is 3. The van der Waals surface area contributed by atoms with Gasteiger partial charge in [-0.1, -0.05) is 19.9 Å². The van der Waals surface area contributed by atoms with Gasteiger partial charge < -0.3 is 10.1 Å². The summed E-state index contributed by atoms with van der Waals surface area (Å²) in [7, 11) is 1.97. The fraction of sp³-hybridized carbons (Fsp3) is 0.471. The van der Waals surface area contributed by atoms with E-state index in [1.807, 2.05) is 11.7 Å². The van der Waals surface area contributed by atoms with Gasteiger partial charge in [-0.05, 0) is 36.1 Å². The van der Waals surface area contributed by atoms with Gasteiger partial charge in [0.25, 0.3) is 0 Å². The molecule has 2 aromatic rings. The molecule has 1 N–H and O–H groups in total. The molecule has 0 spiro atoms. The second kappa shape index (κ2) is 5.80. The summed E-state index contributed by atoms with van der Waals surface area (Å²) in [6.45, 7) is 5.16. The average Bonchev–Trinajstić information content (AvgIpc) is 3.09. The second-order valence-corrected chi connectivity index (χ2v) is 5.59. The zero-order valence-electron chi connectivity index (χ0n) is 13.0. The van der Waals surface area contributed by atoms with E-state index in [1.165, 1.54) is 11.1 Å². The first-order chi connectivity index (χ1) is 10.2. The third-order valence-corrected chi connectivity index (χ3v) is 4.09. The van der Waals surface area contributed by atoms with Crippen molar-refractivity contribution in [2.45, 2.75) is 39.2 Å². The van der Waals surface area contributed by atoms with Crippen LogP contribution in [-0.4, -0.2) is 16.4 Å². The lowest BCUT2D eigenvalue weighted by atomic mass is 10.0. The molecule has 21 heavy (non-hydrogen) atoms. The summed E-state index contributed by atoms with van der Waals surface area (Å²) in [5, 5.41) is 8.15. The number of nitrogens with one attached hydrogen (secondary N) is 1. The van der Waals surface area contributed by atoms with Crippen LogP contribution in [0.1, 0.15) is 43.1 Å². The lowest BCUT2D eigenvalue weighted by Gasteiger charge is -2.19. The van der Waals surface area contributed by atoms with Crippen molar-refractivity contribution in [1.82, 2.24) is 9.78 Å². The zero-order valence-corrected chi connectivity index (χ0v) is 13.0. The van der Waals surface area contributed by atoms with E-state index < -0.39 is 0 Å². The molecule has 1 aliphatic heterocycles. The highest BCUT2D eigenvalue weighted by atomic mass is 16.5. The van der Waals surface area contributed by atoms with Crippen molar-refractivity contribution in [2.75, 3.05) is 11.9 Å². The average molecular weight is 285 g/mol. The first kappa shape index (κ1) is 14.0. The Bertz CT molecular complexity index is 633. The molecule has 3 rings (SSSR count). The molecule has 1 aliphatic rings. The van der Waals surface area contributed by atoms with Gasteiger partial charge in [-0.15, -0.1) is 0 Å². The maximum Gasteiger partial charge on any atom is 0.122 e. The highest BCUT2D eigenvalue weighted by Gasteiger charge is 2.17. The van der Waals surface area contributed by atoms with Crippen LogP contribution in [0.15, 0.2) is 24.4 Å². The molecule has 0 bridgehead atoms. The molecule has 1 aromatic heterocycles. The molecule has 1 aromatic carbocycles. The lowest BCUT2D eigenvalue weighted by Crippen LogP contribution is -2.10. The Morgan fingerprint density at radius 2 is 2.24 bits per heavy atom. The summed E-state index contributed by atoms with van der Waals surface area (Å²) in [5.74, 6) is 1.05. The Morgan fingerprint density at radius 1 is 1.38 bits per heavy atom. The molecular weight excluding hydrogens is 262 g/mol. The molecule has 1 atom stereocenters. The summed E-state index contributed by atoms with van der Waals surface area (Å²) in [6, 6.07) is 6.87. The third-order valence-electron chi connectivity index (χ3n) is 4.09. The summed E-state index contributed by atoms with van der Waals surface area (Å²) < 4.78 is 7.47. The molecular formula is C17H23N3O. The third kappa shape index (κ3) is 2.75. The Balaban J connectivity index is 1.84. The monoisotopic (exact) mass is 285 g/mol. The summed E-state index contributed by atoms with van der Waals surface area (Å²) in [4.78, 5) is 0. The minimum absolute atomic E-state index is 0.311. The van der Waals surface area contributed by atoms with Crippen LogP contribution in [0.5, 0.6) is 5.75 Å². The molecule has 4 nitrogen and oxygen atoms in total. The fourth-order valence-corrected chi connectivity index (χ4v) is 2.95. The molecule has 0 aliphatic carbocycles. The minimum atomic E-state index is 0.311. The van der Waals surface area contributed by atoms with Gasteiger partial charge in [0.2, 0.25) is 0 Å². The van der Waals surface area contributed by atoms with Crippen LogP contribution in [0, 0.1) is 0 Å². The first-order valence-corrected chi connectivity index (χ1v) is 7.76. The van der Waals surface area contributed by atoms with E-state index in [1.54, 1.807) is 0 Å². The van der Waals surface area contributed by atoms with Crippen molar-refractivity contribution in [3.63, 3.8) is 0 Å². The van der Waals surface area contributed by atoms with Gasteiger partial charge in [-0.2, -0.15) is 5.10 Å². The largest absolute Gasteiger partial charge is 0.493 e. The SMILES string of the molecule is CCc1nn(C)cc1NC(CC)c1ccc2c(c1)CCO2. The van der Waals surface area contributed by atoms with Crippen LogP contribution in [-0.2, 0) is 19.9 Å². The maximum absolute atomic E-state index is 5.59. The van der Waals surface area contributed by atoms with Crippen LogP contribution >= 0.6 is 0 Å².